The van der Waals surface area contributed by atoms with Crippen LogP contribution in [0.5, 0.6) is 0 Å². The highest BCUT2D eigenvalue weighted by molar-refractivity contribution is 6.18. The van der Waals surface area contributed by atoms with Crippen molar-refractivity contribution < 1.29 is 0 Å². The van der Waals surface area contributed by atoms with Crippen molar-refractivity contribution in [3.05, 3.63) is 242 Å². The second-order valence-corrected chi connectivity index (χ2v) is 16.6. The van der Waals surface area contributed by atoms with Crippen LogP contribution in [0.25, 0.3) is 128 Å². The first-order valence-corrected chi connectivity index (χ1v) is 22.1. The summed E-state index contributed by atoms with van der Waals surface area (Å²) < 4.78 is 0. The first kappa shape index (κ1) is 38.6. The van der Waals surface area contributed by atoms with Gasteiger partial charge in [0.25, 0.3) is 0 Å². The minimum absolute atomic E-state index is 0.598. The lowest BCUT2D eigenvalue weighted by molar-refractivity contribution is 1.07. The highest BCUT2D eigenvalue weighted by Gasteiger charge is 2.24. The molecular weight excluding hydrogens is 801 g/mol. The average molecular weight is 839 g/mol. The highest BCUT2D eigenvalue weighted by atomic mass is 15.0. The number of rotatable bonds is 8. The van der Waals surface area contributed by atoms with Crippen LogP contribution in [0.3, 0.4) is 0 Å². The van der Waals surface area contributed by atoms with Gasteiger partial charge in [-0.05, 0) is 107 Å². The first-order valence-electron chi connectivity index (χ1n) is 22.1. The zero-order valence-corrected chi connectivity index (χ0v) is 35.7. The maximum absolute atomic E-state index is 8.33. The van der Waals surface area contributed by atoms with Crippen molar-refractivity contribution in [2.24, 2.45) is 0 Å². The Morgan fingerprint density at radius 1 is 0.273 bits per heavy atom. The fourth-order valence-electron chi connectivity index (χ4n) is 9.60. The van der Waals surface area contributed by atoms with E-state index in [1.807, 2.05) is 48.5 Å². The summed E-state index contributed by atoms with van der Waals surface area (Å²) >= 11 is 0. The topological polar surface area (TPSA) is 43.0 Å². The van der Waals surface area contributed by atoms with E-state index in [0.717, 1.165) is 66.8 Å². The Kier molecular flexibility index (Phi) is 9.51. The van der Waals surface area contributed by atoms with E-state index >= 15 is 0 Å². The third kappa shape index (κ3) is 6.84. The third-order valence-electron chi connectivity index (χ3n) is 12.7. The van der Waals surface area contributed by atoms with E-state index in [-0.39, 0.29) is 0 Å². The summed E-state index contributed by atoms with van der Waals surface area (Å²) in [6.45, 7) is 8.33. The molecule has 306 valence electrons. The molecule has 10 aromatic carbocycles. The summed E-state index contributed by atoms with van der Waals surface area (Å²) in [5, 5.41) is 2.56. The molecule has 0 N–H and O–H groups in total. The molecule has 4 nitrogen and oxygen atoms in total. The molecule has 0 bridgehead atoms. The van der Waals surface area contributed by atoms with Crippen LogP contribution >= 0.6 is 0 Å². The van der Waals surface area contributed by atoms with Gasteiger partial charge in [-0.3, -0.25) is 0 Å². The molecule has 1 aliphatic carbocycles. The van der Waals surface area contributed by atoms with Crippen LogP contribution < -0.4 is 0 Å². The molecule has 0 spiro atoms. The van der Waals surface area contributed by atoms with Crippen LogP contribution in [0.2, 0.25) is 0 Å². The van der Waals surface area contributed by atoms with Crippen molar-refractivity contribution in [1.82, 2.24) is 15.0 Å². The monoisotopic (exact) mass is 838 g/mol. The maximum Gasteiger partial charge on any atom is 0.195 e. The molecule has 1 aromatic heterocycles. The van der Waals surface area contributed by atoms with Crippen LogP contribution in [0.15, 0.2) is 231 Å². The number of benzene rings is 10. The molecule has 0 atom stereocenters. The third-order valence-corrected chi connectivity index (χ3v) is 12.7. The van der Waals surface area contributed by atoms with Crippen molar-refractivity contribution in [3.8, 4) is 112 Å². The Balaban J connectivity index is 0.918. The molecule has 0 fully saturated rings. The summed E-state index contributed by atoms with van der Waals surface area (Å²) in [6.07, 6.45) is 0. The van der Waals surface area contributed by atoms with Crippen molar-refractivity contribution in [2.75, 3.05) is 0 Å². The van der Waals surface area contributed by atoms with Crippen LogP contribution in [-0.2, 0) is 0 Å². The Labute approximate surface area is 383 Å². The molecule has 0 saturated heterocycles. The molecular formula is C62H38N4. The predicted octanol–water partition coefficient (Wildman–Crippen LogP) is 16.6. The number of hydrogen-bond donors (Lipinski definition) is 0. The van der Waals surface area contributed by atoms with E-state index in [9.17, 15) is 0 Å². The number of nitrogens with zero attached hydrogens (tertiary/aromatic N) is 4. The molecule has 66 heavy (non-hydrogen) atoms. The number of fused-ring (bicyclic) bond motifs is 3. The quantitative estimate of drug-likeness (QED) is 0.143. The molecule has 1 aliphatic rings. The Hall–Kier alpha value is -9.04. The summed E-state index contributed by atoms with van der Waals surface area (Å²) in [5.74, 6) is 1.83. The maximum atomic E-state index is 8.33. The molecule has 0 unspecified atom stereocenters. The van der Waals surface area contributed by atoms with E-state index in [0.29, 0.717) is 23.2 Å². The number of hydrogen-bond acceptors (Lipinski definition) is 3. The zero-order chi connectivity index (χ0) is 44.0. The average Bonchev–Trinajstić information content (AvgIpc) is 3.74. The minimum atomic E-state index is 0.598. The van der Waals surface area contributed by atoms with Crippen molar-refractivity contribution >= 4 is 16.5 Å². The smallest absolute Gasteiger partial charge is 0.195 e. The Morgan fingerprint density at radius 2 is 0.682 bits per heavy atom. The molecule has 0 amide bonds. The molecule has 0 aliphatic heterocycles. The van der Waals surface area contributed by atoms with Crippen LogP contribution in [-0.4, -0.2) is 15.0 Å². The van der Waals surface area contributed by atoms with Crippen molar-refractivity contribution in [3.63, 3.8) is 0 Å². The van der Waals surface area contributed by atoms with E-state index in [2.05, 4.69) is 187 Å². The van der Waals surface area contributed by atoms with Crippen LogP contribution in [0.4, 0.5) is 5.69 Å². The second-order valence-electron chi connectivity index (χ2n) is 16.6. The van der Waals surface area contributed by atoms with Gasteiger partial charge >= 0.3 is 0 Å². The standard InChI is InChI=1S/C62H38N4/c1-63-56-32-14-28-51(58(56)49-25-10-24-48(39-49)52-27-13-30-54-53-29-11-19-42-20-12-31-55(57(42)53)59(52)54)47-23-8-21-45(37-47)46-22-9-26-50(38-46)62-65-60(43-17-6-3-7-18-43)64-61(66-62)44-35-33-41(34-36-44)40-15-4-2-5-16-40/h2-39H. The lowest BCUT2D eigenvalue weighted by Gasteiger charge is -2.16. The Morgan fingerprint density at radius 3 is 1.35 bits per heavy atom. The van der Waals surface area contributed by atoms with Crippen molar-refractivity contribution in [1.29, 1.82) is 0 Å². The predicted molar refractivity (Wildman–Crippen MR) is 272 cm³/mol. The van der Waals surface area contributed by atoms with E-state index in [1.54, 1.807) is 0 Å². The normalized spacial score (nSPS) is 11.3. The van der Waals surface area contributed by atoms with Crippen molar-refractivity contribution in [2.45, 2.75) is 0 Å². The van der Waals surface area contributed by atoms with E-state index < -0.39 is 0 Å². The van der Waals surface area contributed by atoms with Gasteiger partial charge in [0.15, 0.2) is 23.2 Å². The number of aromatic nitrogens is 3. The summed E-state index contributed by atoms with van der Waals surface area (Å²) in [5.41, 5.74) is 19.0. The molecule has 0 saturated carbocycles. The van der Waals surface area contributed by atoms with Gasteiger partial charge in [0, 0.05) is 16.7 Å². The van der Waals surface area contributed by atoms with E-state index in [1.165, 1.54) is 38.6 Å². The second kappa shape index (κ2) is 16.3. The largest absolute Gasteiger partial charge is 0.237 e. The summed E-state index contributed by atoms with van der Waals surface area (Å²) in [7, 11) is 0. The van der Waals surface area contributed by atoms with Gasteiger partial charge < -0.3 is 0 Å². The molecule has 1 heterocycles. The zero-order valence-electron chi connectivity index (χ0n) is 35.7. The van der Waals surface area contributed by atoms with Gasteiger partial charge in [0.1, 0.15) is 0 Å². The SMILES string of the molecule is [C-]#[N+]c1cccc(-c2cccc(-c3cccc(-c4nc(-c5ccccc5)nc(-c5ccc(-c6ccccc6)cc5)n4)c3)c2)c1-c1cccc(-c2cccc3c2-c2cccc4cccc-3c24)c1. The molecule has 4 heteroatoms. The fraction of sp³-hybridized carbons (Fsp3) is 0. The highest BCUT2D eigenvalue weighted by Crippen LogP contribution is 2.51. The van der Waals surface area contributed by atoms with Gasteiger partial charge in [-0.25, -0.2) is 19.8 Å². The van der Waals surface area contributed by atoms with Crippen LogP contribution in [0, 0.1) is 6.57 Å². The van der Waals surface area contributed by atoms with Gasteiger partial charge in [0.2, 0.25) is 0 Å². The molecule has 0 radical (unpaired) electrons. The molecule has 11 aromatic rings. The summed E-state index contributed by atoms with van der Waals surface area (Å²) in [6, 6.07) is 80.4. The van der Waals surface area contributed by atoms with Gasteiger partial charge in [-0.2, -0.15) is 0 Å². The lowest BCUT2D eigenvalue weighted by Crippen LogP contribution is -2.00. The molecule has 12 rings (SSSR count). The van der Waals surface area contributed by atoms with Gasteiger partial charge in [-0.1, -0.05) is 212 Å². The Bertz CT molecular complexity index is 3690. The van der Waals surface area contributed by atoms with Crippen LogP contribution in [0.1, 0.15) is 0 Å². The fourth-order valence-corrected chi connectivity index (χ4v) is 9.60. The lowest BCUT2D eigenvalue weighted by atomic mass is 9.88. The summed E-state index contributed by atoms with van der Waals surface area (Å²) in [4.78, 5) is 19.2. The first-order chi connectivity index (χ1) is 32.7. The minimum Gasteiger partial charge on any atom is -0.237 e. The van der Waals surface area contributed by atoms with Gasteiger partial charge in [0.05, 0.1) is 6.57 Å². The van der Waals surface area contributed by atoms with E-state index in [4.69, 9.17) is 21.5 Å². The van der Waals surface area contributed by atoms with Gasteiger partial charge in [-0.15, -0.1) is 0 Å².